The fourth-order valence-electron chi connectivity index (χ4n) is 2.70. The summed E-state index contributed by atoms with van der Waals surface area (Å²) in [5, 5.41) is 17.7. The first kappa shape index (κ1) is 16.3. The Labute approximate surface area is 130 Å². The second kappa shape index (κ2) is 7.27. The average molecular weight is 314 g/mol. The number of aromatic nitrogens is 2. The van der Waals surface area contributed by atoms with Gasteiger partial charge in [0.05, 0.1) is 24.0 Å². The van der Waals surface area contributed by atoms with E-state index >= 15 is 0 Å². The number of hydrogen-bond acceptors (Lipinski definition) is 4. The monoisotopic (exact) mass is 313 g/mol. The zero-order valence-corrected chi connectivity index (χ0v) is 13.4. The van der Waals surface area contributed by atoms with Gasteiger partial charge < -0.3 is 10.4 Å². The van der Waals surface area contributed by atoms with Gasteiger partial charge in [0.25, 0.3) is 5.56 Å². The van der Waals surface area contributed by atoms with Crippen LogP contribution in [0.4, 0.5) is 5.69 Å². The van der Waals surface area contributed by atoms with E-state index in [0.29, 0.717) is 18.2 Å². The molecule has 0 amide bonds. The van der Waals surface area contributed by atoms with Gasteiger partial charge in [0.15, 0.2) is 0 Å². The predicted octanol–water partition coefficient (Wildman–Crippen LogP) is 2.66. The van der Waals surface area contributed by atoms with E-state index in [1.165, 1.54) is 4.68 Å². The molecule has 0 aliphatic heterocycles. The van der Waals surface area contributed by atoms with Crippen LogP contribution in [0.1, 0.15) is 46.0 Å². The van der Waals surface area contributed by atoms with Crippen molar-refractivity contribution in [2.24, 2.45) is 5.92 Å². The van der Waals surface area contributed by atoms with E-state index in [0.717, 1.165) is 32.1 Å². The van der Waals surface area contributed by atoms with E-state index in [9.17, 15) is 9.90 Å². The number of nitrogens with zero attached hydrogens (tertiary/aromatic N) is 2. The number of rotatable bonds is 4. The number of nitrogens with one attached hydrogen (secondary N) is 1. The van der Waals surface area contributed by atoms with Crippen molar-refractivity contribution in [1.29, 1.82) is 0 Å². The predicted molar refractivity (Wildman–Crippen MR) is 84.8 cm³/mol. The molecular weight excluding hydrogens is 290 g/mol. The Balaban J connectivity index is 2.16. The molecule has 2 atom stereocenters. The number of halogens is 1. The third-order valence-corrected chi connectivity index (χ3v) is 4.21. The first-order valence-electron chi connectivity index (χ1n) is 7.69. The van der Waals surface area contributed by atoms with Crippen LogP contribution in [0.2, 0.25) is 5.02 Å². The summed E-state index contributed by atoms with van der Waals surface area (Å²) in [6.07, 6.45) is 6.10. The second-order valence-corrected chi connectivity index (χ2v) is 6.59. The molecule has 2 N–H and O–H groups in total. The van der Waals surface area contributed by atoms with Gasteiger partial charge in [0.1, 0.15) is 5.02 Å². The van der Waals surface area contributed by atoms with Crippen LogP contribution in [0, 0.1) is 5.92 Å². The quantitative estimate of drug-likeness (QED) is 0.839. The summed E-state index contributed by atoms with van der Waals surface area (Å²) in [6, 6.07) is -0.0628. The largest absolute Gasteiger partial charge is 0.391 e. The molecule has 1 aliphatic carbocycles. The van der Waals surface area contributed by atoms with E-state index in [4.69, 9.17) is 11.6 Å². The Hall–Kier alpha value is -1.07. The standard InChI is InChI=1S/C15H24ClN3O2/c1-10(2)9-19-15(21)14(16)12(8-17-19)18-11-6-4-3-5-7-13(11)20/h8,10-11,13,18,20H,3-7,9H2,1-2H3. The average Bonchev–Trinajstić information content (AvgIpc) is 2.63. The Bertz CT molecular complexity index is 530. The first-order chi connectivity index (χ1) is 9.99. The summed E-state index contributed by atoms with van der Waals surface area (Å²) in [5.41, 5.74) is 0.242. The SMILES string of the molecule is CC(C)Cn1ncc(NC2CCCCCC2O)c(Cl)c1=O. The number of anilines is 1. The molecule has 5 nitrogen and oxygen atoms in total. The maximum atomic E-state index is 12.2. The minimum Gasteiger partial charge on any atom is -0.391 e. The van der Waals surface area contributed by atoms with Crippen molar-refractivity contribution < 1.29 is 5.11 Å². The topological polar surface area (TPSA) is 67.2 Å². The van der Waals surface area contributed by atoms with Gasteiger partial charge in [0, 0.05) is 6.54 Å². The van der Waals surface area contributed by atoms with Crippen molar-refractivity contribution in [1.82, 2.24) is 9.78 Å². The zero-order chi connectivity index (χ0) is 15.4. The molecular formula is C15H24ClN3O2. The van der Waals surface area contributed by atoms with E-state index in [-0.39, 0.29) is 16.6 Å². The van der Waals surface area contributed by atoms with Crippen molar-refractivity contribution in [3.8, 4) is 0 Å². The normalized spacial score (nSPS) is 23.1. The summed E-state index contributed by atoms with van der Waals surface area (Å²) >= 11 is 6.17. The van der Waals surface area contributed by atoms with Gasteiger partial charge in [-0.1, -0.05) is 44.7 Å². The van der Waals surface area contributed by atoms with Crippen LogP contribution in [0.25, 0.3) is 0 Å². The maximum Gasteiger partial charge on any atom is 0.287 e. The lowest BCUT2D eigenvalue weighted by Gasteiger charge is -2.23. The molecule has 2 rings (SSSR count). The van der Waals surface area contributed by atoms with Crippen LogP contribution in [-0.2, 0) is 6.54 Å². The Morgan fingerprint density at radius 2 is 2.14 bits per heavy atom. The summed E-state index contributed by atoms with van der Waals surface area (Å²) in [4.78, 5) is 12.2. The molecule has 118 valence electrons. The number of aliphatic hydroxyl groups is 1. The van der Waals surface area contributed by atoms with Crippen LogP contribution in [0.15, 0.2) is 11.0 Å². The molecule has 1 aromatic heterocycles. The van der Waals surface area contributed by atoms with Gasteiger partial charge in [-0.3, -0.25) is 4.79 Å². The molecule has 0 aromatic carbocycles. The van der Waals surface area contributed by atoms with Crippen molar-refractivity contribution in [2.75, 3.05) is 5.32 Å². The molecule has 1 fully saturated rings. The van der Waals surface area contributed by atoms with Gasteiger partial charge >= 0.3 is 0 Å². The lowest BCUT2D eigenvalue weighted by Crippen LogP contribution is -2.34. The van der Waals surface area contributed by atoms with Crippen LogP contribution in [0.5, 0.6) is 0 Å². The minimum absolute atomic E-state index is 0.0628. The molecule has 0 bridgehead atoms. The minimum atomic E-state index is -0.401. The van der Waals surface area contributed by atoms with E-state index in [1.807, 2.05) is 13.8 Å². The Morgan fingerprint density at radius 3 is 2.86 bits per heavy atom. The molecule has 1 saturated carbocycles. The lowest BCUT2D eigenvalue weighted by molar-refractivity contribution is 0.144. The molecule has 1 aromatic rings. The van der Waals surface area contributed by atoms with Gasteiger partial charge in [-0.25, -0.2) is 4.68 Å². The number of aliphatic hydroxyl groups excluding tert-OH is 1. The third kappa shape index (κ3) is 4.20. The highest BCUT2D eigenvalue weighted by Crippen LogP contribution is 2.24. The van der Waals surface area contributed by atoms with Crippen molar-refractivity contribution >= 4 is 17.3 Å². The smallest absolute Gasteiger partial charge is 0.287 e. The Kier molecular flexibility index (Phi) is 5.65. The molecule has 21 heavy (non-hydrogen) atoms. The van der Waals surface area contributed by atoms with Crippen molar-refractivity contribution in [3.05, 3.63) is 21.6 Å². The van der Waals surface area contributed by atoms with E-state index in [1.54, 1.807) is 6.20 Å². The van der Waals surface area contributed by atoms with Gasteiger partial charge in [0.2, 0.25) is 0 Å². The second-order valence-electron chi connectivity index (χ2n) is 6.21. The Morgan fingerprint density at radius 1 is 1.43 bits per heavy atom. The molecule has 6 heteroatoms. The van der Waals surface area contributed by atoms with Crippen LogP contribution in [0.3, 0.4) is 0 Å². The van der Waals surface area contributed by atoms with Crippen LogP contribution < -0.4 is 10.9 Å². The molecule has 1 aliphatic rings. The summed E-state index contributed by atoms with van der Waals surface area (Å²) in [5.74, 6) is 0.328. The van der Waals surface area contributed by atoms with E-state index < -0.39 is 6.10 Å². The van der Waals surface area contributed by atoms with Crippen molar-refractivity contribution in [3.63, 3.8) is 0 Å². The summed E-state index contributed by atoms with van der Waals surface area (Å²) in [6.45, 7) is 4.59. The van der Waals surface area contributed by atoms with Gasteiger partial charge in [-0.05, 0) is 18.8 Å². The zero-order valence-electron chi connectivity index (χ0n) is 12.7. The summed E-state index contributed by atoms with van der Waals surface area (Å²) < 4.78 is 1.39. The molecule has 1 heterocycles. The highest BCUT2D eigenvalue weighted by atomic mass is 35.5. The molecule has 0 radical (unpaired) electrons. The molecule has 0 spiro atoms. The fourth-order valence-corrected chi connectivity index (χ4v) is 2.90. The highest BCUT2D eigenvalue weighted by molar-refractivity contribution is 6.32. The molecule has 2 unspecified atom stereocenters. The highest BCUT2D eigenvalue weighted by Gasteiger charge is 2.23. The van der Waals surface area contributed by atoms with Crippen LogP contribution in [-0.4, -0.2) is 27.0 Å². The van der Waals surface area contributed by atoms with E-state index in [2.05, 4.69) is 10.4 Å². The number of hydrogen-bond donors (Lipinski definition) is 2. The van der Waals surface area contributed by atoms with Gasteiger partial charge in [-0.15, -0.1) is 0 Å². The van der Waals surface area contributed by atoms with Crippen LogP contribution >= 0.6 is 11.6 Å². The lowest BCUT2D eigenvalue weighted by atomic mass is 10.1. The van der Waals surface area contributed by atoms with Gasteiger partial charge in [-0.2, -0.15) is 5.10 Å². The van der Waals surface area contributed by atoms with Crippen molar-refractivity contribution in [2.45, 2.75) is 64.6 Å². The third-order valence-electron chi connectivity index (χ3n) is 3.84. The summed E-state index contributed by atoms with van der Waals surface area (Å²) in [7, 11) is 0. The fraction of sp³-hybridized carbons (Fsp3) is 0.733. The first-order valence-corrected chi connectivity index (χ1v) is 8.07. The maximum absolute atomic E-state index is 12.2. The molecule has 0 saturated heterocycles.